The quantitative estimate of drug-likeness (QED) is 0.771. The monoisotopic (exact) mass is 270 g/mol. The fraction of sp³-hybridized carbons (Fsp3) is 0.529. The minimum atomic E-state index is -0.445. The maximum Gasteiger partial charge on any atom is 0.229 e. The molecule has 0 bridgehead atoms. The molecule has 0 radical (unpaired) electrons. The van der Waals surface area contributed by atoms with Gasteiger partial charge >= 0.3 is 0 Å². The molecule has 2 heterocycles. The predicted molar refractivity (Wildman–Crippen MR) is 81.6 cm³/mol. The molecule has 1 amide bonds. The lowest BCUT2D eigenvalue weighted by Gasteiger charge is -2.33. The molecule has 106 valence electrons. The summed E-state index contributed by atoms with van der Waals surface area (Å²) in [6.45, 7) is 11.1. The van der Waals surface area contributed by atoms with Crippen LogP contribution in [0.5, 0.6) is 0 Å². The van der Waals surface area contributed by atoms with Crippen LogP contribution in [0.2, 0.25) is 0 Å². The van der Waals surface area contributed by atoms with Crippen LogP contribution in [-0.4, -0.2) is 29.6 Å². The molecular weight excluding hydrogens is 248 g/mol. The molecule has 0 aliphatic carbocycles. The van der Waals surface area contributed by atoms with Gasteiger partial charge in [0.2, 0.25) is 5.91 Å². The number of fused-ring (bicyclic) bond motifs is 2. The zero-order valence-electron chi connectivity index (χ0n) is 12.9. The van der Waals surface area contributed by atoms with Gasteiger partial charge in [-0.05, 0) is 45.7 Å². The van der Waals surface area contributed by atoms with E-state index in [9.17, 15) is 4.79 Å². The summed E-state index contributed by atoms with van der Waals surface area (Å²) in [6.07, 6.45) is 2.02. The molecule has 0 unspecified atom stereocenters. The second-order valence-electron chi connectivity index (χ2n) is 6.85. The van der Waals surface area contributed by atoms with E-state index < -0.39 is 5.41 Å². The van der Waals surface area contributed by atoms with Gasteiger partial charge in [-0.3, -0.25) is 9.79 Å². The van der Waals surface area contributed by atoms with Crippen LogP contribution in [0, 0.1) is 12.3 Å². The molecule has 2 aliphatic rings. The Morgan fingerprint density at radius 2 is 2.00 bits per heavy atom. The number of hydrogen-bond acceptors (Lipinski definition) is 2. The Labute approximate surface area is 120 Å². The number of benzene rings is 1. The van der Waals surface area contributed by atoms with Crippen molar-refractivity contribution >= 4 is 17.8 Å². The standard InChI is InChI=1S/C17H22N2O/c1-11(2)19-10-17(16(4,5)15(19)20)9-18-14-12(3)7-6-8-13(14)17/h6-9,11H,10H2,1-5H3/t17-/m1/s1. The van der Waals surface area contributed by atoms with E-state index >= 15 is 0 Å². The van der Waals surface area contributed by atoms with Crippen molar-refractivity contribution in [3.05, 3.63) is 29.3 Å². The molecule has 0 aromatic heterocycles. The van der Waals surface area contributed by atoms with E-state index in [2.05, 4.69) is 57.8 Å². The first-order chi connectivity index (χ1) is 9.31. The zero-order chi connectivity index (χ0) is 14.7. The maximum atomic E-state index is 12.8. The molecular formula is C17H22N2O. The number of rotatable bonds is 1. The maximum absolute atomic E-state index is 12.8. The normalized spacial score (nSPS) is 26.9. The number of amides is 1. The summed E-state index contributed by atoms with van der Waals surface area (Å²) in [5.74, 6) is 0.230. The van der Waals surface area contributed by atoms with Gasteiger partial charge < -0.3 is 4.90 Å². The van der Waals surface area contributed by atoms with Gasteiger partial charge in [-0.1, -0.05) is 18.2 Å². The molecule has 1 fully saturated rings. The number of nitrogens with zero attached hydrogens (tertiary/aromatic N) is 2. The Bertz CT molecular complexity index is 615. The molecule has 2 aliphatic heterocycles. The van der Waals surface area contributed by atoms with Crippen molar-refractivity contribution < 1.29 is 4.79 Å². The molecule has 1 aromatic carbocycles. The highest BCUT2D eigenvalue weighted by Crippen LogP contribution is 2.54. The smallest absolute Gasteiger partial charge is 0.229 e. The van der Waals surface area contributed by atoms with Crippen LogP contribution in [0.3, 0.4) is 0 Å². The number of aliphatic imine (C=N–C) groups is 1. The average Bonchev–Trinajstić information content (AvgIpc) is 2.85. The summed E-state index contributed by atoms with van der Waals surface area (Å²) in [4.78, 5) is 19.4. The lowest BCUT2D eigenvalue weighted by molar-refractivity contribution is -0.136. The summed E-state index contributed by atoms with van der Waals surface area (Å²) in [6, 6.07) is 6.51. The first kappa shape index (κ1) is 13.3. The largest absolute Gasteiger partial charge is 0.338 e. The molecule has 1 spiro atoms. The van der Waals surface area contributed by atoms with Gasteiger partial charge in [0.1, 0.15) is 0 Å². The summed E-state index contributed by atoms with van der Waals surface area (Å²) >= 11 is 0. The van der Waals surface area contributed by atoms with Gasteiger partial charge in [0.25, 0.3) is 0 Å². The van der Waals surface area contributed by atoms with E-state index in [0.29, 0.717) is 0 Å². The third-order valence-electron chi connectivity index (χ3n) is 5.09. The number of likely N-dealkylation sites (tertiary alicyclic amines) is 1. The van der Waals surface area contributed by atoms with Gasteiger partial charge in [0, 0.05) is 18.8 Å². The van der Waals surface area contributed by atoms with Gasteiger partial charge in [-0.15, -0.1) is 0 Å². The highest BCUT2D eigenvalue weighted by molar-refractivity contribution is 5.99. The second kappa shape index (κ2) is 3.94. The third-order valence-corrected chi connectivity index (χ3v) is 5.09. The molecule has 1 atom stereocenters. The lowest BCUT2D eigenvalue weighted by Crippen LogP contribution is -2.42. The fourth-order valence-electron chi connectivity index (χ4n) is 3.56. The predicted octanol–water partition coefficient (Wildman–Crippen LogP) is 3.23. The molecule has 20 heavy (non-hydrogen) atoms. The Morgan fingerprint density at radius 3 is 2.60 bits per heavy atom. The number of aryl methyl sites for hydroxylation is 1. The SMILES string of the molecule is Cc1cccc2c1N=C[C@@]21CN(C(C)C)C(=O)C1(C)C. The highest BCUT2D eigenvalue weighted by atomic mass is 16.2. The Kier molecular flexibility index (Phi) is 2.63. The van der Waals surface area contributed by atoms with E-state index in [-0.39, 0.29) is 17.4 Å². The Morgan fingerprint density at radius 1 is 1.30 bits per heavy atom. The van der Waals surface area contributed by atoms with E-state index in [1.54, 1.807) is 0 Å². The van der Waals surface area contributed by atoms with E-state index in [1.165, 1.54) is 11.1 Å². The number of carbonyl (C=O) groups excluding carboxylic acids is 1. The highest BCUT2D eigenvalue weighted by Gasteiger charge is 2.60. The molecule has 3 rings (SSSR count). The van der Waals surface area contributed by atoms with Gasteiger partial charge in [0.05, 0.1) is 16.5 Å². The van der Waals surface area contributed by atoms with Crippen molar-refractivity contribution in [2.45, 2.75) is 46.1 Å². The van der Waals surface area contributed by atoms with Crippen LogP contribution in [0.1, 0.15) is 38.8 Å². The van der Waals surface area contributed by atoms with Crippen LogP contribution in [0.15, 0.2) is 23.2 Å². The van der Waals surface area contributed by atoms with E-state index in [4.69, 9.17) is 0 Å². The van der Waals surface area contributed by atoms with Crippen LogP contribution >= 0.6 is 0 Å². The molecule has 3 nitrogen and oxygen atoms in total. The Balaban J connectivity index is 2.19. The molecule has 0 N–H and O–H groups in total. The second-order valence-corrected chi connectivity index (χ2v) is 6.85. The first-order valence-corrected chi connectivity index (χ1v) is 7.27. The molecule has 0 saturated carbocycles. The lowest BCUT2D eigenvalue weighted by atomic mass is 9.65. The minimum absolute atomic E-state index is 0.225. The van der Waals surface area contributed by atoms with Crippen LogP contribution in [0.4, 0.5) is 5.69 Å². The van der Waals surface area contributed by atoms with Crippen molar-refractivity contribution in [3.8, 4) is 0 Å². The summed E-state index contributed by atoms with van der Waals surface area (Å²) in [5.41, 5.74) is 2.72. The summed E-state index contributed by atoms with van der Waals surface area (Å²) in [7, 11) is 0. The topological polar surface area (TPSA) is 32.7 Å². The zero-order valence-corrected chi connectivity index (χ0v) is 12.9. The van der Waals surface area contributed by atoms with Crippen molar-refractivity contribution in [1.82, 2.24) is 4.90 Å². The van der Waals surface area contributed by atoms with Crippen LogP contribution < -0.4 is 0 Å². The van der Waals surface area contributed by atoms with Crippen LogP contribution in [0.25, 0.3) is 0 Å². The fourth-order valence-corrected chi connectivity index (χ4v) is 3.56. The number of para-hydroxylation sites is 1. The van der Waals surface area contributed by atoms with Crippen LogP contribution in [-0.2, 0) is 10.2 Å². The van der Waals surface area contributed by atoms with Gasteiger partial charge in [0.15, 0.2) is 0 Å². The molecule has 1 saturated heterocycles. The van der Waals surface area contributed by atoms with Crippen molar-refractivity contribution in [2.75, 3.05) is 6.54 Å². The van der Waals surface area contributed by atoms with Gasteiger partial charge in [-0.2, -0.15) is 0 Å². The van der Waals surface area contributed by atoms with Crippen molar-refractivity contribution in [3.63, 3.8) is 0 Å². The van der Waals surface area contributed by atoms with Crippen molar-refractivity contribution in [2.24, 2.45) is 10.4 Å². The first-order valence-electron chi connectivity index (χ1n) is 7.27. The van der Waals surface area contributed by atoms with Gasteiger partial charge in [-0.25, -0.2) is 0 Å². The van der Waals surface area contributed by atoms with E-state index in [1.807, 2.05) is 11.1 Å². The Hall–Kier alpha value is -1.64. The third kappa shape index (κ3) is 1.41. The minimum Gasteiger partial charge on any atom is -0.338 e. The van der Waals surface area contributed by atoms with E-state index in [0.717, 1.165) is 12.2 Å². The number of hydrogen-bond donors (Lipinski definition) is 0. The molecule has 1 aromatic rings. The average molecular weight is 270 g/mol. The summed E-state index contributed by atoms with van der Waals surface area (Å²) < 4.78 is 0. The number of carbonyl (C=O) groups is 1. The summed E-state index contributed by atoms with van der Waals surface area (Å²) in [5, 5.41) is 0. The molecule has 3 heteroatoms. The van der Waals surface area contributed by atoms with Crippen molar-refractivity contribution in [1.29, 1.82) is 0 Å².